The van der Waals surface area contributed by atoms with Crippen LogP contribution in [-0.4, -0.2) is 40.7 Å². The van der Waals surface area contributed by atoms with E-state index in [2.05, 4.69) is 15.3 Å². The number of alkyl halides is 3. The number of thiophene rings is 1. The van der Waals surface area contributed by atoms with E-state index in [1.54, 1.807) is 7.05 Å². The maximum atomic E-state index is 12.7. The maximum absolute atomic E-state index is 12.7. The number of aromatic nitrogens is 2. The van der Waals surface area contributed by atoms with Crippen LogP contribution in [0.1, 0.15) is 18.7 Å². The zero-order valence-electron chi connectivity index (χ0n) is 11.4. The minimum Gasteiger partial charge on any atom is -0.372 e. The van der Waals surface area contributed by atoms with E-state index in [0.29, 0.717) is 11.6 Å². The Hall–Kier alpha value is -1.41. The highest BCUT2D eigenvalue weighted by molar-refractivity contribution is 7.16. The summed E-state index contributed by atoms with van der Waals surface area (Å²) in [7, 11) is 1.75. The molecule has 0 saturated heterocycles. The molecule has 1 aliphatic rings. The average Bonchev–Trinajstić information content (AvgIpc) is 3.14. The lowest BCUT2D eigenvalue weighted by Gasteiger charge is -2.22. The molecule has 0 radical (unpaired) electrons. The number of rotatable bonds is 5. The lowest BCUT2D eigenvalue weighted by Crippen LogP contribution is -2.36. The Morgan fingerprint density at radius 3 is 2.76 bits per heavy atom. The van der Waals surface area contributed by atoms with Crippen LogP contribution in [0, 0.1) is 0 Å². The van der Waals surface area contributed by atoms with Crippen LogP contribution in [-0.2, 0) is 6.54 Å². The molecule has 4 nitrogen and oxygen atoms in total. The van der Waals surface area contributed by atoms with Crippen molar-refractivity contribution in [3.8, 4) is 0 Å². The third-order valence-electron chi connectivity index (χ3n) is 3.40. The van der Waals surface area contributed by atoms with Gasteiger partial charge in [-0.2, -0.15) is 13.2 Å². The molecule has 1 aliphatic carbocycles. The summed E-state index contributed by atoms with van der Waals surface area (Å²) in [5.41, 5.74) is 0. The third-order valence-corrected chi connectivity index (χ3v) is 4.20. The molecular weight excluding hydrogens is 301 g/mol. The van der Waals surface area contributed by atoms with Crippen LogP contribution in [0.5, 0.6) is 0 Å². The van der Waals surface area contributed by atoms with Gasteiger partial charge in [0.1, 0.15) is 16.5 Å². The molecule has 2 aromatic heterocycles. The highest BCUT2D eigenvalue weighted by Crippen LogP contribution is 2.32. The summed E-state index contributed by atoms with van der Waals surface area (Å²) >= 11 is 1.46. The Morgan fingerprint density at radius 1 is 1.38 bits per heavy atom. The Morgan fingerprint density at radius 2 is 2.14 bits per heavy atom. The first kappa shape index (κ1) is 14.5. The molecule has 2 aromatic rings. The molecule has 8 heteroatoms. The molecule has 0 aromatic carbocycles. The summed E-state index contributed by atoms with van der Waals surface area (Å²) in [6.45, 7) is -0.773. The summed E-state index contributed by atoms with van der Waals surface area (Å²) in [4.78, 5) is 11.0. The van der Waals surface area contributed by atoms with E-state index < -0.39 is 12.7 Å². The second-order valence-electron chi connectivity index (χ2n) is 5.13. The van der Waals surface area contributed by atoms with Gasteiger partial charge in [-0.25, -0.2) is 9.97 Å². The molecule has 0 atom stereocenters. The molecule has 0 spiro atoms. The lowest BCUT2D eigenvalue weighted by molar-refractivity contribution is -0.148. The Labute approximate surface area is 124 Å². The van der Waals surface area contributed by atoms with Gasteiger partial charge >= 0.3 is 6.18 Å². The molecule has 0 unspecified atom stereocenters. The summed E-state index contributed by atoms with van der Waals surface area (Å²) < 4.78 is 38.0. The molecule has 0 bridgehead atoms. The summed E-state index contributed by atoms with van der Waals surface area (Å²) in [5, 5.41) is 5.78. The second-order valence-corrected chi connectivity index (χ2v) is 6.02. The molecule has 3 rings (SSSR count). The van der Waals surface area contributed by atoms with Gasteiger partial charge in [0, 0.05) is 13.1 Å². The van der Waals surface area contributed by atoms with Gasteiger partial charge in [-0.05, 0) is 24.3 Å². The molecule has 0 amide bonds. The van der Waals surface area contributed by atoms with E-state index in [9.17, 15) is 13.2 Å². The van der Waals surface area contributed by atoms with Gasteiger partial charge in [0.25, 0.3) is 0 Å². The molecule has 114 valence electrons. The van der Waals surface area contributed by atoms with Crippen LogP contribution in [0.15, 0.2) is 11.4 Å². The van der Waals surface area contributed by atoms with E-state index in [1.807, 2.05) is 11.4 Å². The first-order valence-electron chi connectivity index (χ1n) is 6.69. The molecule has 2 heterocycles. The van der Waals surface area contributed by atoms with Crippen molar-refractivity contribution in [1.82, 2.24) is 14.9 Å². The largest absolute Gasteiger partial charge is 0.401 e. The van der Waals surface area contributed by atoms with E-state index in [-0.39, 0.29) is 12.6 Å². The lowest BCUT2D eigenvalue weighted by atomic mass is 10.3. The zero-order chi connectivity index (χ0) is 15.0. The van der Waals surface area contributed by atoms with E-state index in [0.717, 1.165) is 23.1 Å². The normalized spacial score (nSPS) is 15.9. The predicted octanol–water partition coefficient (Wildman–Crippen LogP) is 3.26. The Balaban J connectivity index is 1.85. The van der Waals surface area contributed by atoms with Crippen LogP contribution < -0.4 is 5.32 Å². The predicted molar refractivity (Wildman–Crippen MR) is 76.4 cm³/mol. The minimum absolute atomic E-state index is 0.00675. The summed E-state index contributed by atoms with van der Waals surface area (Å²) in [6, 6.07) is 1.91. The number of nitrogens with zero attached hydrogens (tertiary/aromatic N) is 3. The number of anilines is 1. The van der Waals surface area contributed by atoms with E-state index >= 15 is 0 Å². The monoisotopic (exact) mass is 316 g/mol. The standard InChI is InChI=1S/C13H15F3N4S/c1-17-11-9-4-5-21-12(9)19-10(18-11)6-20(8-2-3-8)7-13(14,15)16/h4-5,8H,2-3,6-7H2,1H3,(H,17,18,19). The van der Waals surface area contributed by atoms with Crippen LogP contribution in [0.25, 0.3) is 10.2 Å². The van der Waals surface area contributed by atoms with Gasteiger partial charge in [0.2, 0.25) is 0 Å². The zero-order valence-corrected chi connectivity index (χ0v) is 12.3. The fourth-order valence-corrected chi connectivity index (χ4v) is 3.11. The molecule has 0 aliphatic heterocycles. The SMILES string of the molecule is CNc1nc(CN(CC(F)(F)F)C2CC2)nc2sccc12. The van der Waals surface area contributed by atoms with Gasteiger partial charge < -0.3 is 5.32 Å². The van der Waals surface area contributed by atoms with Crippen LogP contribution in [0.2, 0.25) is 0 Å². The highest BCUT2D eigenvalue weighted by atomic mass is 32.1. The molecular formula is C13H15F3N4S. The minimum atomic E-state index is -4.19. The van der Waals surface area contributed by atoms with Crippen molar-refractivity contribution in [1.29, 1.82) is 0 Å². The van der Waals surface area contributed by atoms with E-state index in [1.165, 1.54) is 16.2 Å². The first-order chi connectivity index (χ1) is 9.96. The van der Waals surface area contributed by atoms with Crippen molar-refractivity contribution in [2.45, 2.75) is 31.6 Å². The summed E-state index contributed by atoms with van der Waals surface area (Å²) in [6.07, 6.45) is -2.56. The fraction of sp³-hybridized carbons (Fsp3) is 0.538. The molecule has 1 fully saturated rings. The molecule has 1 saturated carbocycles. The smallest absolute Gasteiger partial charge is 0.372 e. The van der Waals surface area contributed by atoms with Crippen LogP contribution in [0.4, 0.5) is 19.0 Å². The molecule has 21 heavy (non-hydrogen) atoms. The van der Waals surface area contributed by atoms with Crippen LogP contribution in [0.3, 0.4) is 0 Å². The van der Waals surface area contributed by atoms with Gasteiger partial charge in [-0.3, -0.25) is 4.90 Å². The number of hydrogen-bond acceptors (Lipinski definition) is 5. The number of hydrogen-bond donors (Lipinski definition) is 1. The number of halogens is 3. The van der Waals surface area contributed by atoms with Crippen molar-refractivity contribution in [2.75, 3.05) is 18.9 Å². The topological polar surface area (TPSA) is 41.1 Å². The quantitative estimate of drug-likeness (QED) is 0.919. The highest BCUT2D eigenvalue weighted by Gasteiger charge is 2.38. The van der Waals surface area contributed by atoms with Crippen molar-refractivity contribution in [3.63, 3.8) is 0 Å². The van der Waals surface area contributed by atoms with Crippen LogP contribution >= 0.6 is 11.3 Å². The second kappa shape index (κ2) is 5.42. The average molecular weight is 316 g/mol. The maximum Gasteiger partial charge on any atom is 0.401 e. The van der Waals surface area contributed by atoms with Gasteiger partial charge in [0.05, 0.1) is 18.5 Å². The van der Waals surface area contributed by atoms with Gasteiger partial charge in [-0.1, -0.05) is 0 Å². The van der Waals surface area contributed by atoms with Crippen molar-refractivity contribution < 1.29 is 13.2 Å². The fourth-order valence-electron chi connectivity index (χ4n) is 2.33. The number of fused-ring (bicyclic) bond motifs is 1. The summed E-state index contributed by atoms with van der Waals surface area (Å²) in [5.74, 6) is 1.10. The van der Waals surface area contributed by atoms with Gasteiger partial charge in [0.15, 0.2) is 0 Å². The van der Waals surface area contributed by atoms with Gasteiger partial charge in [-0.15, -0.1) is 11.3 Å². The number of nitrogens with one attached hydrogen (secondary N) is 1. The van der Waals surface area contributed by atoms with Crippen molar-refractivity contribution in [3.05, 3.63) is 17.3 Å². The van der Waals surface area contributed by atoms with E-state index in [4.69, 9.17) is 0 Å². The van der Waals surface area contributed by atoms with Crippen molar-refractivity contribution >= 4 is 27.4 Å². The molecule has 1 N–H and O–H groups in total. The third kappa shape index (κ3) is 3.44. The first-order valence-corrected chi connectivity index (χ1v) is 7.57. The Bertz CT molecular complexity index is 636. The Kier molecular flexibility index (Phi) is 3.75. The van der Waals surface area contributed by atoms with Crippen molar-refractivity contribution in [2.24, 2.45) is 0 Å².